The number of fused-ring (bicyclic) bond motifs is 2. The SMILES string of the molecule is CC(C)NC(=O)C1(c2nc3c(-c4ccc5c(c4)CCC5=O)ccc(O)n3n2)CC1. The molecule has 0 spiro atoms. The van der Waals surface area contributed by atoms with Gasteiger partial charge in [0.25, 0.3) is 0 Å². The number of pyridine rings is 1. The molecule has 5 rings (SSSR count). The van der Waals surface area contributed by atoms with Gasteiger partial charge in [-0.25, -0.2) is 4.98 Å². The van der Waals surface area contributed by atoms with Gasteiger partial charge >= 0.3 is 0 Å². The normalized spacial score (nSPS) is 17.0. The lowest BCUT2D eigenvalue weighted by Crippen LogP contribution is -2.39. The highest BCUT2D eigenvalue weighted by Crippen LogP contribution is 2.47. The lowest BCUT2D eigenvalue weighted by molar-refractivity contribution is -0.124. The number of aryl methyl sites for hydroxylation is 1. The molecule has 0 radical (unpaired) electrons. The highest BCUT2D eigenvalue weighted by atomic mass is 16.3. The van der Waals surface area contributed by atoms with Gasteiger partial charge in [0, 0.05) is 29.7 Å². The number of hydrogen-bond acceptors (Lipinski definition) is 5. The molecule has 2 N–H and O–H groups in total. The van der Waals surface area contributed by atoms with Crippen molar-refractivity contribution in [3.8, 4) is 17.0 Å². The molecule has 2 heterocycles. The summed E-state index contributed by atoms with van der Waals surface area (Å²) in [6, 6.07) is 9.19. The van der Waals surface area contributed by atoms with Crippen LogP contribution in [0.3, 0.4) is 0 Å². The molecule has 0 atom stereocenters. The second-order valence-corrected chi connectivity index (χ2v) is 8.28. The smallest absolute Gasteiger partial charge is 0.234 e. The summed E-state index contributed by atoms with van der Waals surface area (Å²) in [6.07, 6.45) is 2.68. The summed E-state index contributed by atoms with van der Waals surface area (Å²) < 4.78 is 1.39. The number of rotatable bonds is 4. The van der Waals surface area contributed by atoms with E-state index < -0.39 is 5.41 Å². The number of ketones is 1. The Hall–Kier alpha value is -3.22. The highest BCUT2D eigenvalue weighted by molar-refractivity contribution is 6.01. The van der Waals surface area contributed by atoms with E-state index in [2.05, 4.69) is 15.4 Å². The highest BCUT2D eigenvalue weighted by Gasteiger charge is 2.55. The number of nitrogens with one attached hydrogen (secondary N) is 1. The quantitative estimate of drug-likeness (QED) is 0.714. The minimum Gasteiger partial charge on any atom is -0.493 e. The van der Waals surface area contributed by atoms with Crippen molar-refractivity contribution in [1.29, 1.82) is 0 Å². The second-order valence-electron chi connectivity index (χ2n) is 8.28. The van der Waals surface area contributed by atoms with Crippen LogP contribution >= 0.6 is 0 Å². The van der Waals surface area contributed by atoms with Gasteiger partial charge in [0.2, 0.25) is 11.8 Å². The fourth-order valence-corrected chi connectivity index (χ4v) is 4.08. The van der Waals surface area contributed by atoms with Crippen LogP contribution in [-0.2, 0) is 16.6 Å². The number of amides is 1. The van der Waals surface area contributed by atoms with Crippen LogP contribution in [0.4, 0.5) is 0 Å². The molecule has 0 unspecified atom stereocenters. The monoisotopic (exact) mass is 390 g/mol. The van der Waals surface area contributed by atoms with Gasteiger partial charge < -0.3 is 10.4 Å². The van der Waals surface area contributed by atoms with Gasteiger partial charge in [0.1, 0.15) is 5.41 Å². The number of aromatic hydroxyl groups is 1. The molecule has 0 saturated heterocycles. The van der Waals surface area contributed by atoms with Crippen molar-refractivity contribution in [3.63, 3.8) is 0 Å². The minimum atomic E-state index is -0.718. The van der Waals surface area contributed by atoms with Crippen molar-refractivity contribution >= 4 is 17.3 Å². The Balaban J connectivity index is 1.61. The fraction of sp³-hybridized carbons (Fsp3) is 0.364. The predicted molar refractivity (Wildman–Crippen MR) is 107 cm³/mol. The van der Waals surface area contributed by atoms with Gasteiger partial charge in [0.05, 0.1) is 0 Å². The van der Waals surface area contributed by atoms with Crippen molar-refractivity contribution in [3.05, 3.63) is 47.3 Å². The van der Waals surface area contributed by atoms with Crippen LogP contribution in [0.2, 0.25) is 0 Å². The standard InChI is InChI=1S/C22H22N4O3/c1-12(2)23-21(29)22(9-10-22)20-24-19-16(6-8-18(28)26(19)25-20)14-3-5-15-13(11-14)4-7-17(15)27/h3,5-6,8,11-12,28H,4,7,9-10H2,1-2H3,(H,23,29). The number of Topliss-reactive ketones (excluding diaryl/α,β-unsaturated/α-hetero) is 1. The molecule has 1 saturated carbocycles. The first-order valence-corrected chi connectivity index (χ1v) is 9.96. The van der Waals surface area contributed by atoms with Crippen molar-refractivity contribution in [2.24, 2.45) is 0 Å². The summed E-state index contributed by atoms with van der Waals surface area (Å²) in [6.45, 7) is 3.85. The lowest BCUT2D eigenvalue weighted by Gasteiger charge is -2.14. The van der Waals surface area contributed by atoms with Crippen LogP contribution in [-0.4, -0.2) is 37.4 Å². The van der Waals surface area contributed by atoms with Crippen molar-refractivity contribution in [2.45, 2.75) is 51.0 Å². The number of carbonyl (C=O) groups is 2. The maximum Gasteiger partial charge on any atom is 0.234 e. The zero-order chi connectivity index (χ0) is 20.3. The van der Waals surface area contributed by atoms with Gasteiger partial charge in [-0.05, 0) is 50.3 Å². The average molecular weight is 390 g/mol. The molecule has 7 heteroatoms. The Labute approximate surface area is 167 Å². The van der Waals surface area contributed by atoms with E-state index in [-0.39, 0.29) is 23.6 Å². The van der Waals surface area contributed by atoms with Crippen LogP contribution in [0.15, 0.2) is 30.3 Å². The van der Waals surface area contributed by atoms with Crippen molar-refractivity contribution < 1.29 is 14.7 Å². The molecule has 7 nitrogen and oxygen atoms in total. The number of nitrogens with zero attached hydrogens (tertiary/aromatic N) is 3. The Morgan fingerprint density at radius 1 is 1.17 bits per heavy atom. The first-order valence-electron chi connectivity index (χ1n) is 9.96. The van der Waals surface area contributed by atoms with Gasteiger partial charge in [-0.2, -0.15) is 4.52 Å². The average Bonchev–Trinajstić information content (AvgIpc) is 3.24. The Morgan fingerprint density at radius 3 is 2.66 bits per heavy atom. The van der Waals surface area contributed by atoms with Gasteiger partial charge in [-0.1, -0.05) is 18.2 Å². The third-order valence-electron chi connectivity index (χ3n) is 5.83. The topological polar surface area (TPSA) is 96.6 Å². The van der Waals surface area contributed by atoms with E-state index >= 15 is 0 Å². The van der Waals surface area contributed by atoms with Crippen molar-refractivity contribution in [1.82, 2.24) is 19.9 Å². The maximum absolute atomic E-state index is 12.7. The molecule has 2 aliphatic carbocycles. The van der Waals surface area contributed by atoms with Crippen LogP contribution in [0.25, 0.3) is 16.8 Å². The van der Waals surface area contributed by atoms with E-state index in [1.807, 2.05) is 32.0 Å². The first-order chi connectivity index (χ1) is 13.9. The molecule has 1 fully saturated rings. The Morgan fingerprint density at radius 2 is 1.93 bits per heavy atom. The molecule has 3 aromatic rings. The summed E-state index contributed by atoms with van der Waals surface area (Å²) in [5.74, 6) is 0.521. The van der Waals surface area contributed by atoms with Crippen LogP contribution < -0.4 is 5.32 Å². The molecule has 2 aromatic heterocycles. The predicted octanol–water partition coefficient (Wildman–Crippen LogP) is 2.79. The summed E-state index contributed by atoms with van der Waals surface area (Å²) in [7, 11) is 0. The number of benzene rings is 1. The molecule has 2 aliphatic rings. The third-order valence-corrected chi connectivity index (χ3v) is 5.83. The summed E-state index contributed by atoms with van der Waals surface area (Å²) in [4.78, 5) is 29.3. The minimum absolute atomic E-state index is 0.0288. The molecule has 0 bridgehead atoms. The second kappa shape index (κ2) is 6.14. The summed E-state index contributed by atoms with van der Waals surface area (Å²) in [5, 5.41) is 17.8. The lowest BCUT2D eigenvalue weighted by atomic mass is 10.0. The largest absolute Gasteiger partial charge is 0.493 e. The molecule has 1 amide bonds. The van der Waals surface area contributed by atoms with E-state index in [0.717, 1.165) is 28.7 Å². The first kappa shape index (κ1) is 17.8. The number of aromatic nitrogens is 3. The van der Waals surface area contributed by atoms with E-state index in [4.69, 9.17) is 0 Å². The summed E-state index contributed by atoms with van der Waals surface area (Å²) in [5.41, 5.74) is 3.33. The zero-order valence-electron chi connectivity index (χ0n) is 16.4. The van der Waals surface area contributed by atoms with E-state index in [0.29, 0.717) is 30.7 Å². The van der Waals surface area contributed by atoms with Gasteiger partial charge in [0.15, 0.2) is 17.3 Å². The molecule has 148 valence electrons. The molecular formula is C22H22N4O3. The fourth-order valence-electron chi connectivity index (χ4n) is 4.08. The van der Waals surface area contributed by atoms with E-state index in [1.54, 1.807) is 12.1 Å². The Bertz CT molecular complexity index is 1170. The zero-order valence-corrected chi connectivity index (χ0v) is 16.4. The van der Waals surface area contributed by atoms with Gasteiger partial charge in [-0.15, -0.1) is 5.10 Å². The molecule has 0 aliphatic heterocycles. The summed E-state index contributed by atoms with van der Waals surface area (Å²) >= 11 is 0. The van der Waals surface area contributed by atoms with E-state index in [9.17, 15) is 14.7 Å². The maximum atomic E-state index is 12.7. The van der Waals surface area contributed by atoms with Crippen LogP contribution in [0.5, 0.6) is 5.88 Å². The van der Waals surface area contributed by atoms with Crippen LogP contribution in [0, 0.1) is 0 Å². The molecule has 1 aromatic carbocycles. The molecule has 29 heavy (non-hydrogen) atoms. The van der Waals surface area contributed by atoms with Crippen LogP contribution in [0.1, 0.15) is 54.9 Å². The number of hydrogen-bond donors (Lipinski definition) is 2. The van der Waals surface area contributed by atoms with Gasteiger partial charge in [-0.3, -0.25) is 9.59 Å². The Kier molecular flexibility index (Phi) is 3.78. The van der Waals surface area contributed by atoms with Crippen molar-refractivity contribution in [2.75, 3.05) is 0 Å². The van der Waals surface area contributed by atoms with E-state index in [1.165, 1.54) is 4.52 Å². The molecular weight excluding hydrogens is 368 g/mol. The number of carbonyl (C=O) groups excluding carboxylic acids is 2. The third kappa shape index (κ3) is 2.72.